The van der Waals surface area contributed by atoms with Crippen LogP contribution in [0.3, 0.4) is 0 Å². The van der Waals surface area contributed by atoms with Crippen molar-refractivity contribution in [2.24, 2.45) is 0 Å². The van der Waals surface area contributed by atoms with Crippen molar-refractivity contribution < 1.29 is 22.7 Å². The summed E-state index contributed by atoms with van der Waals surface area (Å²) in [6.07, 6.45) is -2.37. The zero-order valence-electron chi connectivity index (χ0n) is 14.5. The summed E-state index contributed by atoms with van der Waals surface area (Å²) < 4.78 is 43.6. The van der Waals surface area contributed by atoms with Crippen LogP contribution in [0.15, 0.2) is 6.20 Å². The van der Waals surface area contributed by atoms with Gasteiger partial charge in [-0.3, -0.25) is 0 Å². The number of alkyl halides is 3. The molecule has 1 heterocycles. The molecule has 0 radical (unpaired) electrons. The quantitative estimate of drug-likeness (QED) is 0.643. The Balaban J connectivity index is 2.29. The average molecular weight is 363 g/mol. The molecule has 10 heteroatoms. The lowest BCUT2D eigenvalue weighted by Crippen LogP contribution is -2.33. The number of halogens is 3. The van der Waals surface area contributed by atoms with E-state index in [4.69, 9.17) is 10.5 Å². The Morgan fingerprint density at radius 3 is 2.44 bits per heavy atom. The van der Waals surface area contributed by atoms with Crippen LogP contribution in [0.2, 0.25) is 0 Å². The Bertz CT molecular complexity index is 573. The van der Waals surface area contributed by atoms with Crippen molar-refractivity contribution in [2.45, 2.75) is 51.8 Å². The molecule has 1 aromatic heterocycles. The number of anilines is 2. The van der Waals surface area contributed by atoms with Crippen LogP contribution in [0.1, 0.15) is 45.6 Å². The molecule has 0 saturated carbocycles. The second-order valence-corrected chi connectivity index (χ2v) is 6.40. The Hall–Kier alpha value is -2.26. The van der Waals surface area contributed by atoms with Crippen molar-refractivity contribution >= 4 is 17.9 Å². The summed E-state index contributed by atoms with van der Waals surface area (Å²) >= 11 is 0. The number of aromatic nitrogens is 2. The number of nitrogens with one attached hydrogen (secondary N) is 2. The summed E-state index contributed by atoms with van der Waals surface area (Å²) in [6.45, 7) is 6.04. The number of nitrogen functional groups attached to an aromatic ring is 1. The molecule has 1 aromatic rings. The lowest BCUT2D eigenvalue weighted by molar-refractivity contribution is -0.137. The highest BCUT2D eigenvalue weighted by molar-refractivity contribution is 5.67. The van der Waals surface area contributed by atoms with Gasteiger partial charge >= 0.3 is 12.3 Å². The van der Waals surface area contributed by atoms with Gasteiger partial charge in [0.05, 0.1) is 0 Å². The second kappa shape index (κ2) is 8.72. The number of rotatable bonds is 7. The number of carbonyl (C=O) groups is 1. The molecule has 142 valence electrons. The SMILES string of the molecule is CC(C)(C)OC(=O)NCCCCCNc1nc(N)ncc1C(F)(F)F. The molecular weight excluding hydrogens is 339 g/mol. The third kappa shape index (κ3) is 8.41. The number of hydrogen-bond donors (Lipinski definition) is 3. The highest BCUT2D eigenvalue weighted by atomic mass is 19.4. The van der Waals surface area contributed by atoms with Crippen LogP contribution in [0, 0.1) is 0 Å². The van der Waals surface area contributed by atoms with Gasteiger partial charge in [0.1, 0.15) is 17.0 Å². The third-order valence-electron chi connectivity index (χ3n) is 2.93. The molecule has 1 rings (SSSR count). The lowest BCUT2D eigenvalue weighted by atomic mass is 10.2. The molecule has 0 spiro atoms. The predicted molar refractivity (Wildman–Crippen MR) is 88.0 cm³/mol. The fourth-order valence-corrected chi connectivity index (χ4v) is 1.88. The number of ether oxygens (including phenoxy) is 1. The van der Waals surface area contributed by atoms with Gasteiger partial charge in [0.15, 0.2) is 0 Å². The van der Waals surface area contributed by atoms with E-state index in [1.807, 2.05) is 0 Å². The maximum Gasteiger partial charge on any atom is 0.421 e. The third-order valence-corrected chi connectivity index (χ3v) is 2.93. The van der Waals surface area contributed by atoms with Gasteiger partial charge in [0.2, 0.25) is 5.95 Å². The molecule has 0 aliphatic heterocycles. The molecule has 0 aliphatic rings. The fraction of sp³-hybridized carbons (Fsp3) is 0.667. The lowest BCUT2D eigenvalue weighted by Gasteiger charge is -2.19. The number of nitrogens with zero attached hydrogens (tertiary/aromatic N) is 2. The van der Waals surface area contributed by atoms with E-state index in [1.165, 1.54) is 0 Å². The summed E-state index contributed by atoms with van der Waals surface area (Å²) in [5, 5.41) is 5.25. The van der Waals surface area contributed by atoms with Gasteiger partial charge in [0, 0.05) is 19.3 Å². The predicted octanol–water partition coefficient (Wildman–Crippen LogP) is 3.18. The number of carbonyl (C=O) groups excluding carboxylic acids is 1. The van der Waals surface area contributed by atoms with Crippen molar-refractivity contribution in [3.63, 3.8) is 0 Å². The minimum absolute atomic E-state index is 0.225. The Labute approximate surface area is 144 Å². The van der Waals surface area contributed by atoms with Crippen LogP contribution in [0.5, 0.6) is 0 Å². The minimum Gasteiger partial charge on any atom is -0.444 e. The first-order chi connectivity index (χ1) is 11.5. The zero-order chi connectivity index (χ0) is 19.1. The molecule has 0 atom stereocenters. The monoisotopic (exact) mass is 363 g/mol. The first kappa shape index (κ1) is 20.8. The van der Waals surface area contributed by atoms with E-state index in [-0.39, 0.29) is 11.8 Å². The molecule has 0 fully saturated rings. The summed E-state index contributed by atoms with van der Waals surface area (Å²) in [5.41, 5.74) is 3.83. The van der Waals surface area contributed by atoms with E-state index in [0.717, 1.165) is 0 Å². The van der Waals surface area contributed by atoms with Crippen LogP contribution < -0.4 is 16.4 Å². The van der Waals surface area contributed by atoms with Crippen LogP contribution in [0.25, 0.3) is 0 Å². The molecule has 0 unspecified atom stereocenters. The first-order valence-corrected chi connectivity index (χ1v) is 7.89. The summed E-state index contributed by atoms with van der Waals surface area (Å²) in [5.74, 6) is -0.552. The number of hydrogen-bond acceptors (Lipinski definition) is 6. The molecule has 4 N–H and O–H groups in total. The summed E-state index contributed by atoms with van der Waals surface area (Å²) in [7, 11) is 0. The van der Waals surface area contributed by atoms with Crippen LogP contribution in [-0.4, -0.2) is 34.8 Å². The van der Waals surface area contributed by atoms with Crippen molar-refractivity contribution in [1.29, 1.82) is 0 Å². The molecular formula is C15H24F3N5O2. The van der Waals surface area contributed by atoms with Crippen molar-refractivity contribution in [3.8, 4) is 0 Å². The summed E-state index contributed by atoms with van der Waals surface area (Å²) in [6, 6.07) is 0. The van der Waals surface area contributed by atoms with Gasteiger partial charge in [-0.2, -0.15) is 18.2 Å². The van der Waals surface area contributed by atoms with Gasteiger partial charge in [-0.1, -0.05) is 0 Å². The number of nitrogens with two attached hydrogens (primary N) is 1. The topological polar surface area (TPSA) is 102 Å². The highest BCUT2D eigenvalue weighted by Gasteiger charge is 2.35. The Kier molecular flexibility index (Phi) is 7.25. The number of unbranched alkanes of at least 4 members (excludes halogenated alkanes) is 2. The van der Waals surface area contributed by atoms with E-state index < -0.39 is 23.4 Å². The summed E-state index contributed by atoms with van der Waals surface area (Å²) in [4.78, 5) is 18.4. The molecule has 0 aliphatic carbocycles. The van der Waals surface area contributed by atoms with Gasteiger partial charge in [-0.25, -0.2) is 9.78 Å². The molecule has 0 saturated heterocycles. The standard InChI is InChI=1S/C15H24F3N5O2/c1-14(2,3)25-13(24)21-8-6-4-5-7-20-11-10(15(16,17)18)9-22-12(19)23-11/h9H,4-8H2,1-3H3,(H,21,24)(H3,19,20,22,23). The van der Waals surface area contributed by atoms with Gasteiger partial charge in [-0.05, 0) is 40.0 Å². The largest absolute Gasteiger partial charge is 0.444 e. The van der Waals surface area contributed by atoms with E-state index >= 15 is 0 Å². The average Bonchev–Trinajstić information content (AvgIpc) is 2.43. The maximum atomic E-state index is 12.8. The maximum absolute atomic E-state index is 12.8. The van der Waals surface area contributed by atoms with E-state index in [1.54, 1.807) is 20.8 Å². The van der Waals surface area contributed by atoms with Crippen molar-refractivity contribution in [2.75, 3.05) is 24.1 Å². The highest BCUT2D eigenvalue weighted by Crippen LogP contribution is 2.33. The molecule has 25 heavy (non-hydrogen) atoms. The molecule has 0 aromatic carbocycles. The first-order valence-electron chi connectivity index (χ1n) is 7.89. The van der Waals surface area contributed by atoms with Gasteiger partial charge in [0.25, 0.3) is 0 Å². The molecule has 7 nitrogen and oxygen atoms in total. The van der Waals surface area contributed by atoms with Crippen LogP contribution in [0.4, 0.5) is 29.7 Å². The minimum atomic E-state index is -4.55. The van der Waals surface area contributed by atoms with Crippen LogP contribution >= 0.6 is 0 Å². The smallest absolute Gasteiger partial charge is 0.421 e. The van der Waals surface area contributed by atoms with E-state index in [2.05, 4.69) is 20.6 Å². The Morgan fingerprint density at radius 1 is 1.20 bits per heavy atom. The van der Waals surface area contributed by atoms with Crippen molar-refractivity contribution in [1.82, 2.24) is 15.3 Å². The fourth-order valence-electron chi connectivity index (χ4n) is 1.88. The van der Waals surface area contributed by atoms with E-state index in [9.17, 15) is 18.0 Å². The van der Waals surface area contributed by atoms with Gasteiger partial charge in [-0.15, -0.1) is 0 Å². The zero-order valence-corrected chi connectivity index (χ0v) is 14.5. The molecule has 1 amide bonds. The molecule has 0 bridgehead atoms. The Morgan fingerprint density at radius 2 is 1.84 bits per heavy atom. The van der Waals surface area contributed by atoms with Crippen molar-refractivity contribution in [3.05, 3.63) is 11.8 Å². The van der Waals surface area contributed by atoms with E-state index in [0.29, 0.717) is 38.5 Å². The van der Waals surface area contributed by atoms with Crippen LogP contribution in [-0.2, 0) is 10.9 Å². The number of alkyl carbamates (subject to hydrolysis) is 1. The normalized spacial score (nSPS) is 11.9. The number of amides is 1. The van der Waals surface area contributed by atoms with Gasteiger partial charge < -0.3 is 21.1 Å². The second-order valence-electron chi connectivity index (χ2n) is 6.40.